The molecule has 70 heavy (non-hydrogen) atoms. The quantitative estimate of drug-likeness (QED) is 0.0735. The molecule has 7 aromatic heterocycles. The summed E-state index contributed by atoms with van der Waals surface area (Å²) < 4.78 is 213. The highest BCUT2D eigenvalue weighted by Gasteiger charge is 2.49. The van der Waals surface area contributed by atoms with Crippen LogP contribution in [-0.2, 0) is 37.9 Å². The molecule has 7 nitrogen and oxygen atoms in total. The highest BCUT2D eigenvalue weighted by molar-refractivity contribution is 5.49. The molecule has 0 aromatic carbocycles. The fourth-order valence-electron chi connectivity index (χ4n) is 10.4. The zero-order chi connectivity index (χ0) is 52.6. The van der Waals surface area contributed by atoms with E-state index >= 15 is 57.1 Å². The molecule has 0 unspecified atom stereocenters. The van der Waals surface area contributed by atoms with Gasteiger partial charge in [-0.2, -0.15) is 0 Å². The summed E-state index contributed by atoms with van der Waals surface area (Å²) in [6.45, 7) is 18.5. The van der Waals surface area contributed by atoms with Gasteiger partial charge in [-0.3, -0.25) is 0 Å². The Balaban J connectivity index is 1.42. The molecule has 0 amide bonds. The maximum Gasteiger partial charge on any atom is 0.180 e. The highest BCUT2D eigenvalue weighted by Crippen LogP contribution is 2.49. The second kappa shape index (κ2) is 15.0. The Hall–Kier alpha value is -5.95. The number of hydrogen-bond donors (Lipinski definition) is 7. The van der Waals surface area contributed by atoms with E-state index in [-0.39, 0.29) is 17.0 Å². The molecular weight excluding hydrogens is 946 g/mol. The average Bonchev–Trinajstić information content (AvgIpc) is 4.11. The van der Waals surface area contributed by atoms with Crippen molar-refractivity contribution in [1.29, 1.82) is 0 Å². The third kappa shape index (κ3) is 6.40. The van der Waals surface area contributed by atoms with E-state index in [0.717, 1.165) is 13.8 Å². The third-order valence-electron chi connectivity index (χ3n) is 15.2. The van der Waals surface area contributed by atoms with E-state index in [1.165, 1.54) is 90.0 Å². The number of hydrogen-bond acceptors (Lipinski definition) is 0. The van der Waals surface area contributed by atoms with Crippen LogP contribution in [0.1, 0.15) is 182 Å². The van der Waals surface area contributed by atoms with Crippen LogP contribution in [0.5, 0.6) is 0 Å². The van der Waals surface area contributed by atoms with Gasteiger partial charge in [0.15, 0.2) is 69.8 Å². The van der Waals surface area contributed by atoms with Crippen LogP contribution in [-0.4, -0.2) is 34.9 Å². The lowest BCUT2D eigenvalue weighted by Crippen LogP contribution is -2.27. The molecule has 7 aromatic rings. The summed E-state index contributed by atoms with van der Waals surface area (Å²) in [4.78, 5) is 18.3. The van der Waals surface area contributed by atoms with E-state index in [0.29, 0.717) is 0 Å². The largest absolute Gasteiger partial charge is 0.358 e. The number of fused-ring (bicyclic) bond motifs is 14. The minimum atomic E-state index is -2.08. The summed E-state index contributed by atoms with van der Waals surface area (Å²) in [6.07, 6.45) is 0. The Labute approximate surface area is 393 Å². The second-order valence-corrected chi connectivity index (χ2v) is 22.2. The first-order chi connectivity index (χ1) is 31.8. The normalized spacial score (nSPS) is 18.8. The summed E-state index contributed by atoms with van der Waals surface area (Å²) in [6, 6.07) is 0. The minimum absolute atomic E-state index is 0.0767. The van der Waals surface area contributed by atoms with Crippen molar-refractivity contribution in [3.8, 4) is 0 Å². The molecule has 0 aliphatic carbocycles. The van der Waals surface area contributed by atoms with Gasteiger partial charge in [-0.15, -0.1) is 0 Å². The van der Waals surface area contributed by atoms with Gasteiger partial charge in [0.25, 0.3) is 0 Å². The molecule has 7 N–H and O–H groups in total. The van der Waals surface area contributed by atoms with Crippen molar-refractivity contribution >= 4 is 0 Å². The van der Waals surface area contributed by atoms with Crippen molar-refractivity contribution in [3.63, 3.8) is 0 Å². The fourth-order valence-corrected chi connectivity index (χ4v) is 10.4. The van der Waals surface area contributed by atoms with Crippen molar-refractivity contribution in [3.05, 3.63) is 161 Å². The molecule has 378 valence electrons. The Morgan fingerprint density at radius 1 is 0.186 bits per heavy atom. The van der Waals surface area contributed by atoms with Gasteiger partial charge in [0.2, 0.25) is 0 Å². The van der Waals surface area contributed by atoms with E-state index in [9.17, 15) is 0 Å². The number of rotatable bonds is 0. The molecule has 1 aliphatic heterocycles. The lowest BCUT2D eigenvalue weighted by molar-refractivity contribution is 0.444. The topological polar surface area (TPSA) is 111 Å². The lowest BCUT2D eigenvalue weighted by atomic mass is 9.83. The Morgan fingerprint density at radius 2 is 0.286 bits per heavy atom. The zero-order valence-corrected chi connectivity index (χ0v) is 40.9. The van der Waals surface area contributed by atoms with Crippen LogP contribution in [0.2, 0.25) is 0 Å². The monoisotopic (exact) mass is 997 g/mol. The maximum absolute atomic E-state index is 16.6. The van der Waals surface area contributed by atoms with Crippen LogP contribution in [0.15, 0.2) is 0 Å². The van der Waals surface area contributed by atoms with Crippen LogP contribution < -0.4 is 0 Å². The van der Waals surface area contributed by atoms with Gasteiger partial charge in [-0.25, -0.2) is 57.1 Å². The molecule has 0 saturated carbocycles. The van der Waals surface area contributed by atoms with Crippen molar-refractivity contribution in [1.82, 2.24) is 34.9 Å². The first-order valence-corrected chi connectivity index (χ1v) is 22.2. The van der Waals surface area contributed by atoms with Gasteiger partial charge in [0, 0.05) is 16.7 Å². The summed E-state index contributed by atoms with van der Waals surface area (Å²) in [5.74, 6) is -20.1. The van der Waals surface area contributed by atoms with E-state index in [1.54, 1.807) is 0 Å². The predicted octanol–water partition coefficient (Wildman–Crippen LogP) is 13.7. The number of nitrogens with one attached hydrogen (secondary N) is 7. The second-order valence-electron chi connectivity index (χ2n) is 22.2. The Morgan fingerprint density at radius 3 is 0.429 bits per heavy atom. The van der Waals surface area contributed by atoms with Gasteiger partial charge in [0.05, 0.1) is 107 Å². The summed E-state index contributed by atoms with van der Waals surface area (Å²) in [5.41, 5.74) is -22.4. The number of aromatic nitrogens is 7. The molecule has 0 radical (unpaired) electrons. The fraction of sp³-hybridized carbons (Fsp3) is 0.440. The first kappa shape index (κ1) is 50.4. The van der Waals surface area contributed by atoms with Crippen molar-refractivity contribution < 1.29 is 57.1 Å². The molecule has 0 atom stereocenters. The Bertz CT molecular complexity index is 2520. The summed E-state index contributed by atoms with van der Waals surface area (Å²) in [7, 11) is 0. The summed E-state index contributed by atoms with van der Waals surface area (Å²) >= 11 is 0. The molecule has 8 rings (SSSR count). The standard InChI is InChI=1S/C50H52F13N7/c1-16-17(51)31-45(4,5)33-20(54)21(55)35(66-33)47(8,9)37-24(58)25(59)39(68-37)49(12,13)41-28(62)29(63)43(70-41)50(14,15)42-27(61)26(60)40(69-42)48(10,11)38-23(57)22(56)36(67-38)46(6,7)34-19(53)18(52)32(65-34)44(2,3)30(16)64-31/h64-70H,1-15H3. The zero-order valence-electron chi connectivity index (χ0n) is 40.9. The maximum atomic E-state index is 16.6. The molecule has 20 heteroatoms. The van der Waals surface area contributed by atoms with Gasteiger partial charge in [0.1, 0.15) is 5.82 Å². The highest BCUT2D eigenvalue weighted by atomic mass is 19.2. The van der Waals surface area contributed by atoms with E-state index in [2.05, 4.69) is 34.9 Å². The molecule has 0 saturated heterocycles. The van der Waals surface area contributed by atoms with Crippen LogP contribution in [0.3, 0.4) is 0 Å². The molecule has 0 spiro atoms. The molecule has 8 heterocycles. The van der Waals surface area contributed by atoms with E-state index in [1.807, 2.05) is 0 Å². The molecule has 0 fully saturated rings. The first-order valence-electron chi connectivity index (χ1n) is 22.2. The number of halogens is 13. The third-order valence-corrected chi connectivity index (χ3v) is 15.2. The molecule has 1 aliphatic rings. The van der Waals surface area contributed by atoms with Crippen molar-refractivity contribution in [2.24, 2.45) is 0 Å². The SMILES string of the molecule is Cc1c2[nH]c(c1F)C(C)(C)c1[nH]c(c(F)c1F)C(C)(C)c1[nH]c(c(F)c1F)C(C)(C)c1[nH]c(c(F)c1F)C(C)(C)c1[nH]c(c(F)c1F)C(C)(C)c1[nH]c(c(F)c1F)C(C)(C)c1[nH]c(c(F)c1F)C2(C)C. The summed E-state index contributed by atoms with van der Waals surface area (Å²) in [5, 5.41) is 0. The average molecular weight is 998 g/mol. The van der Waals surface area contributed by atoms with Gasteiger partial charge in [-0.05, 0) is 104 Å². The van der Waals surface area contributed by atoms with Gasteiger partial charge in [-0.1, -0.05) is 0 Å². The predicted molar refractivity (Wildman–Crippen MR) is 235 cm³/mol. The van der Waals surface area contributed by atoms with Crippen molar-refractivity contribution in [2.45, 2.75) is 142 Å². The van der Waals surface area contributed by atoms with Gasteiger partial charge < -0.3 is 34.9 Å². The minimum Gasteiger partial charge on any atom is -0.358 e. The van der Waals surface area contributed by atoms with Crippen molar-refractivity contribution in [2.75, 3.05) is 0 Å². The molecular formula is C50H52F13N7. The number of aromatic amines is 7. The van der Waals surface area contributed by atoms with E-state index < -0.39 is 182 Å². The smallest absolute Gasteiger partial charge is 0.180 e. The lowest BCUT2D eigenvalue weighted by Gasteiger charge is -2.27. The number of H-pyrrole nitrogens is 7. The van der Waals surface area contributed by atoms with Crippen LogP contribution in [0, 0.1) is 82.5 Å². The van der Waals surface area contributed by atoms with E-state index in [4.69, 9.17) is 0 Å². The molecule has 14 bridgehead atoms. The van der Waals surface area contributed by atoms with Crippen LogP contribution >= 0.6 is 0 Å². The van der Waals surface area contributed by atoms with Crippen LogP contribution in [0.25, 0.3) is 0 Å². The Kier molecular flexibility index (Phi) is 10.8. The van der Waals surface area contributed by atoms with Crippen LogP contribution in [0.4, 0.5) is 57.1 Å². The van der Waals surface area contributed by atoms with Gasteiger partial charge >= 0.3 is 0 Å².